The van der Waals surface area contributed by atoms with Crippen LogP contribution < -0.4 is 10.2 Å². The second kappa shape index (κ2) is 5.18. The number of halogens is 1. The number of rotatable bonds is 3. The number of nitrogens with zero attached hydrogens (tertiary/aromatic N) is 1. The van der Waals surface area contributed by atoms with Crippen molar-refractivity contribution < 1.29 is 9.18 Å². The minimum absolute atomic E-state index is 0.223. The van der Waals surface area contributed by atoms with Gasteiger partial charge in [0.05, 0.1) is 16.3 Å². The van der Waals surface area contributed by atoms with E-state index in [0.29, 0.717) is 10.6 Å². The molecule has 0 spiro atoms. The third kappa shape index (κ3) is 2.68. The zero-order chi connectivity index (χ0) is 13.1. The van der Waals surface area contributed by atoms with E-state index in [1.165, 1.54) is 23.5 Å². The molecule has 3 nitrogen and oxygen atoms in total. The summed E-state index contributed by atoms with van der Waals surface area (Å²) >= 11 is 1.35. The third-order valence-electron chi connectivity index (χ3n) is 2.43. The molecular formula is C13H13FN2OS. The highest BCUT2D eigenvalue weighted by Gasteiger charge is 2.11. The van der Waals surface area contributed by atoms with Crippen LogP contribution in [-0.2, 0) is 0 Å². The van der Waals surface area contributed by atoms with Crippen molar-refractivity contribution in [3.05, 3.63) is 46.4 Å². The Kier molecular flexibility index (Phi) is 3.62. The Labute approximate surface area is 109 Å². The van der Waals surface area contributed by atoms with Crippen molar-refractivity contribution in [2.75, 3.05) is 24.3 Å². The van der Waals surface area contributed by atoms with E-state index in [0.717, 1.165) is 5.69 Å². The molecule has 2 rings (SSSR count). The zero-order valence-electron chi connectivity index (χ0n) is 10.1. The number of carbonyl (C=O) groups excluding carboxylic acids is 1. The second-order valence-corrected chi connectivity index (χ2v) is 4.94. The molecule has 5 heteroatoms. The molecule has 1 heterocycles. The van der Waals surface area contributed by atoms with Gasteiger partial charge in [0, 0.05) is 14.1 Å². The summed E-state index contributed by atoms with van der Waals surface area (Å²) in [7, 11) is 3.68. The highest BCUT2D eigenvalue weighted by molar-refractivity contribution is 7.12. The molecule has 1 aromatic carbocycles. The fraction of sp³-hybridized carbons (Fsp3) is 0.154. The topological polar surface area (TPSA) is 32.3 Å². The lowest BCUT2D eigenvalue weighted by atomic mass is 10.2. The van der Waals surface area contributed by atoms with Gasteiger partial charge in [-0.2, -0.15) is 0 Å². The normalized spacial score (nSPS) is 10.2. The molecule has 0 bridgehead atoms. The lowest BCUT2D eigenvalue weighted by molar-refractivity contribution is 0.103. The van der Waals surface area contributed by atoms with Crippen LogP contribution in [0.2, 0.25) is 0 Å². The Balaban J connectivity index is 2.28. The van der Waals surface area contributed by atoms with Crippen LogP contribution in [0.5, 0.6) is 0 Å². The van der Waals surface area contributed by atoms with Gasteiger partial charge in [0.15, 0.2) is 0 Å². The fourth-order valence-electron chi connectivity index (χ4n) is 1.59. The van der Waals surface area contributed by atoms with E-state index in [1.54, 1.807) is 18.2 Å². The average Bonchev–Trinajstić information content (AvgIpc) is 2.81. The first-order valence-corrected chi connectivity index (χ1v) is 6.27. The van der Waals surface area contributed by atoms with E-state index >= 15 is 0 Å². The van der Waals surface area contributed by atoms with Gasteiger partial charge in [-0.3, -0.25) is 4.79 Å². The largest absolute Gasteiger partial charge is 0.376 e. The van der Waals surface area contributed by atoms with Gasteiger partial charge in [-0.1, -0.05) is 6.07 Å². The summed E-state index contributed by atoms with van der Waals surface area (Å²) in [6, 6.07) is 7.86. The van der Waals surface area contributed by atoms with Crippen molar-refractivity contribution in [1.82, 2.24) is 0 Å². The molecule has 0 aliphatic rings. The number of nitrogens with one attached hydrogen (secondary N) is 1. The van der Waals surface area contributed by atoms with Gasteiger partial charge in [0.1, 0.15) is 5.82 Å². The van der Waals surface area contributed by atoms with Crippen molar-refractivity contribution >= 4 is 28.6 Å². The van der Waals surface area contributed by atoms with Crippen molar-refractivity contribution in [3.8, 4) is 0 Å². The Morgan fingerprint density at radius 3 is 2.72 bits per heavy atom. The number of benzene rings is 1. The molecular weight excluding hydrogens is 251 g/mol. The molecule has 0 atom stereocenters. The predicted molar refractivity (Wildman–Crippen MR) is 73.0 cm³/mol. The summed E-state index contributed by atoms with van der Waals surface area (Å²) in [4.78, 5) is 14.3. The van der Waals surface area contributed by atoms with Crippen LogP contribution in [-0.4, -0.2) is 20.0 Å². The number of thiophene rings is 1. The Bertz CT molecular complexity index is 552. The first kappa shape index (κ1) is 12.6. The molecule has 1 amide bonds. The number of amides is 1. The molecule has 94 valence electrons. The molecule has 0 aliphatic heterocycles. The molecule has 1 N–H and O–H groups in total. The van der Waals surface area contributed by atoms with E-state index < -0.39 is 0 Å². The smallest absolute Gasteiger partial charge is 0.265 e. The van der Waals surface area contributed by atoms with Crippen molar-refractivity contribution in [2.45, 2.75) is 0 Å². The quantitative estimate of drug-likeness (QED) is 0.923. The van der Waals surface area contributed by atoms with Crippen LogP contribution in [0.1, 0.15) is 9.67 Å². The standard InChI is InChI=1S/C13H13FN2OS/c1-16(2)11-6-5-9(14)8-10(11)15-13(17)12-4-3-7-18-12/h3-8H,1-2H3,(H,15,17). The molecule has 0 saturated heterocycles. The van der Waals surface area contributed by atoms with Crippen molar-refractivity contribution in [1.29, 1.82) is 0 Å². The number of carbonyl (C=O) groups is 1. The Hall–Kier alpha value is -1.88. The first-order chi connectivity index (χ1) is 8.58. The molecule has 0 aliphatic carbocycles. The maximum atomic E-state index is 13.2. The van der Waals surface area contributed by atoms with Gasteiger partial charge in [0.2, 0.25) is 0 Å². The van der Waals surface area contributed by atoms with Crippen LogP contribution in [0, 0.1) is 5.82 Å². The third-order valence-corrected chi connectivity index (χ3v) is 3.30. The van der Waals surface area contributed by atoms with Gasteiger partial charge in [0.25, 0.3) is 5.91 Å². The monoisotopic (exact) mass is 264 g/mol. The zero-order valence-corrected chi connectivity index (χ0v) is 10.9. The number of hydrogen-bond acceptors (Lipinski definition) is 3. The van der Waals surface area contributed by atoms with Crippen LogP contribution >= 0.6 is 11.3 Å². The van der Waals surface area contributed by atoms with E-state index in [4.69, 9.17) is 0 Å². The summed E-state index contributed by atoms with van der Waals surface area (Å²) in [5.74, 6) is -0.597. The van der Waals surface area contributed by atoms with E-state index in [1.807, 2.05) is 24.4 Å². The minimum Gasteiger partial charge on any atom is -0.376 e. The fourth-order valence-corrected chi connectivity index (χ4v) is 2.21. The lowest BCUT2D eigenvalue weighted by Gasteiger charge is -2.17. The number of anilines is 2. The molecule has 0 fully saturated rings. The summed E-state index contributed by atoms with van der Waals surface area (Å²) in [5, 5.41) is 4.55. The average molecular weight is 264 g/mol. The maximum absolute atomic E-state index is 13.2. The molecule has 0 unspecified atom stereocenters. The van der Waals surface area contributed by atoms with Gasteiger partial charge >= 0.3 is 0 Å². The Morgan fingerprint density at radius 2 is 2.11 bits per heavy atom. The summed E-state index contributed by atoms with van der Waals surface area (Å²) in [6.45, 7) is 0. The first-order valence-electron chi connectivity index (χ1n) is 5.39. The lowest BCUT2D eigenvalue weighted by Crippen LogP contribution is -2.16. The molecule has 2 aromatic rings. The van der Waals surface area contributed by atoms with E-state index in [-0.39, 0.29) is 11.7 Å². The van der Waals surface area contributed by atoms with Crippen molar-refractivity contribution in [3.63, 3.8) is 0 Å². The highest BCUT2D eigenvalue weighted by atomic mass is 32.1. The summed E-state index contributed by atoms with van der Waals surface area (Å²) < 4.78 is 13.2. The van der Waals surface area contributed by atoms with E-state index in [9.17, 15) is 9.18 Å². The molecule has 1 aromatic heterocycles. The van der Waals surface area contributed by atoms with Gasteiger partial charge in [-0.05, 0) is 29.6 Å². The van der Waals surface area contributed by atoms with Crippen molar-refractivity contribution in [2.24, 2.45) is 0 Å². The van der Waals surface area contributed by atoms with Gasteiger partial charge in [-0.15, -0.1) is 11.3 Å². The van der Waals surface area contributed by atoms with E-state index in [2.05, 4.69) is 5.32 Å². The summed E-state index contributed by atoms with van der Waals surface area (Å²) in [6.07, 6.45) is 0. The van der Waals surface area contributed by atoms with Crippen LogP contribution in [0.15, 0.2) is 35.7 Å². The second-order valence-electron chi connectivity index (χ2n) is 3.99. The molecule has 18 heavy (non-hydrogen) atoms. The molecule has 0 saturated carbocycles. The number of hydrogen-bond donors (Lipinski definition) is 1. The SMILES string of the molecule is CN(C)c1ccc(F)cc1NC(=O)c1cccs1. The van der Waals surface area contributed by atoms with Crippen LogP contribution in [0.25, 0.3) is 0 Å². The predicted octanol–water partition coefficient (Wildman–Crippen LogP) is 3.21. The van der Waals surface area contributed by atoms with Gasteiger partial charge < -0.3 is 10.2 Å². The minimum atomic E-state index is -0.373. The van der Waals surface area contributed by atoms with Crippen LogP contribution in [0.4, 0.5) is 15.8 Å². The highest BCUT2D eigenvalue weighted by Crippen LogP contribution is 2.26. The maximum Gasteiger partial charge on any atom is 0.265 e. The Morgan fingerprint density at radius 1 is 1.33 bits per heavy atom. The summed E-state index contributed by atoms with van der Waals surface area (Å²) in [5.41, 5.74) is 1.24. The van der Waals surface area contributed by atoms with Crippen LogP contribution in [0.3, 0.4) is 0 Å². The molecule has 0 radical (unpaired) electrons. The van der Waals surface area contributed by atoms with Gasteiger partial charge in [-0.25, -0.2) is 4.39 Å².